The summed E-state index contributed by atoms with van der Waals surface area (Å²) in [5, 5.41) is 29.2. The summed E-state index contributed by atoms with van der Waals surface area (Å²) in [5.74, 6) is -3.08. The molecule has 0 spiro atoms. The highest BCUT2D eigenvalue weighted by molar-refractivity contribution is 5.67. The monoisotopic (exact) mass is 497 g/mol. The zero-order valence-electron chi connectivity index (χ0n) is 22.0. The van der Waals surface area contributed by atoms with Crippen LogP contribution in [0.2, 0.25) is 0 Å². The molecule has 0 rings (SSSR count). The van der Waals surface area contributed by atoms with Gasteiger partial charge in [0, 0.05) is 12.4 Å². The highest BCUT2D eigenvalue weighted by Gasteiger charge is 2.28. The van der Waals surface area contributed by atoms with Crippen molar-refractivity contribution in [3.8, 4) is 0 Å². The summed E-state index contributed by atoms with van der Waals surface area (Å²) in [6.07, 6.45) is 21.4. The number of carbonyl (C=O) groups excluding carboxylic acids is 1. The van der Waals surface area contributed by atoms with Gasteiger partial charge in [-0.2, -0.15) is 0 Å². The topological polar surface area (TPSA) is 115 Å². The first kappa shape index (κ1) is 33.1. The van der Waals surface area contributed by atoms with Crippen molar-refractivity contribution in [2.75, 3.05) is 26.2 Å². The van der Waals surface area contributed by atoms with Gasteiger partial charge in [0.1, 0.15) is 0 Å². The molecule has 0 aliphatic carbocycles. The second-order valence-electron chi connectivity index (χ2n) is 10.0. The summed E-state index contributed by atoms with van der Waals surface area (Å²) < 4.78 is 0.224. The number of carbonyl (C=O) groups is 3. The van der Waals surface area contributed by atoms with Gasteiger partial charge in [-0.1, -0.05) is 83.1 Å². The van der Waals surface area contributed by atoms with Crippen LogP contribution in [0, 0.1) is 0 Å². The number of carboxylic acid groups (broad SMARTS) is 3. The number of nitrogens with zero attached hydrogens (tertiary/aromatic N) is 1. The largest absolute Gasteiger partial charge is 0.550 e. The van der Waals surface area contributed by atoms with Crippen LogP contribution in [0.4, 0.5) is 0 Å². The standard InChI is InChI=1S/C28H51NO6/c1-2-3-4-5-6-7-8-9-10-11-12-13-14-15-16-17-18-22-29(23-19-26(30)31,24-20-27(32)33)25-21-28(34)35/h2H,1,3-25H2,(H2-,30,31,32,33,34,35). The Hall–Kier alpha value is -1.89. The molecule has 0 radical (unpaired) electrons. The number of allylic oxidation sites excluding steroid dienone is 1. The molecule has 0 atom stereocenters. The van der Waals surface area contributed by atoms with Gasteiger partial charge in [0.25, 0.3) is 0 Å². The molecule has 204 valence electrons. The van der Waals surface area contributed by atoms with Crippen LogP contribution in [0.3, 0.4) is 0 Å². The van der Waals surface area contributed by atoms with Crippen molar-refractivity contribution in [2.45, 2.75) is 122 Å². The number of quaternary nitrogens is 1. The van der Waals surface area contributed by atoms with E-state index in [1.807, 2.05) is 6.08 Å². The van der Waals surface area contributed by atoms with Gasteiger partial charge in [-0.25, -0.2) is 0 Å². The Labute approximate surface area is 213 Å². The Balaban J connectivity index is 3.99. The Morgan fingerprint density at radius 1 is 0.571 bits per heavy atom. The van der Waals surface area contributed by atoms with E-state index in [2.05, 4.69) is 6.58 Å². The maximum atomic E-state index is 11.1. The van der Waals surface area contributed by atoms with Gasteiger partial charge in [-0.15, -0.1) is 6.58 Å². The molecule has 7 nitrogen and oxygen atoms in total. The predicted octanol–water partition coefficient (Wildman–Crippen LogP) is 5.32. The molecule has 0 aromatic rings. The molecule has 0 aromatic carbocycles. The number of rotatable bonds is 27. The van der Waals surface area contributed by atoms with Gasteiger partial charge in [0.05, 0.1) is 39.0 Å². The second-order valence-corrected chi connectivity index (χ2v) is 10.0. The van der Waals surface area contributed by atoms with Crippen molar-refractivity contribution < 1.29 is 34.2 Å². The highest BCUT2D eigenvalue weighted by atomic mass is 16.4. The van der Waals surface area contributed by atoms with Gasteiger partial charge in [0.2, 0.25) is 0 Å². The minimum atomic E-state index is -1.18. The van der Waals surface area contributed by atoms with Crippen LogP contribution in [0.1, 0.15) is 122 Å². The lowest BCUT2D eigenvalue weighted by Gasteiger charge is -2.38. The van der Waals surface area contributed by atoms with Crippen LogP contribution in [-0.2, 0) is 14.4 Å². The zero-order valence-corrected chi connectivity index (χ0v) is 22.0. The molecule has 0 aliphatic rings. The average Bonchev–Trinajstić information content (AvgIpc) is 2.81. The maximum Gasteiger partial charge on any atom is 0.309 e. The van der Waals surface area contributed by atoms with E-state index in [4.69, 9.17) is 10.2 Å². The molecule has 0 aliphatic heterocycles. The lowest BCUT2D eigenvalue weighted by atomic mass is 10.0. The number of carboxylic acids is 3. The van der Waals surface area contributed by atoms with Crippen LogP contribution >= 0.6 is 0 Å². The lowest BCUT2D eigenvalue weighted by Crippen LogP contribution is -2.53. The summed E-state index contributed by atoms with van der Waals surface area (Å²) >= 11 is 0. The fourth-order valence-electron chi connectivity index (χ4n) is 4.70. The fraction of sp³-hybridized carbons (Fsp3) is 0.821. The summed E-state index contributed by atoms with van der Waals surface area (Å²) in [6, 6.07) is 0. The normalized spacial score (nSPS) is 11.4. The summed E-state index contributed by atoms with van der Waals surface area (Å²) in [7, 11) is 0. The van der Waals surface area contributed by atoms with Crippen LogP contribution in [0.15, 0.2) is 12.7 Å². The maximum absolute atomic E-state index is 11.1. The van der Waals surface area contributed by atoms with Gasteiger partial charge >= 0.3 is 11.9 Å². The van der Waals surface area contributed by atoms with E-state index in [0.717, 1.165) is 25.7 Å². The second kappa shape index (κ2) is 22.6. The molecule has 0 saturated heterocycles. The van der Waals surface area contributed by atoms with E-state index < -0.39 is 17.9 Å². The fourth-order valence-corrected chi connectivity index (χ4v) is 4.70. The summed E-state index contributed by atoms with van der Waals surface area (Å²) in [5.41, 5.74) is 0. The van der Waals surface area contributed by atoms with Gasteiger partial charge in [-0.3, -0.25) is 9.59 Å². The lowest BCUT2D eigenvalue weighted by molar-refractivity contribution is -0.927. The quantitative estimate of drug-likeness (QED) is 0.0901. The molecule has 0 saturated carbocycles. The minimum absolute atomic E-state index is 0.0948. The van der Waals surface area contributed by atoms with Crippen molar-refractivity contribution in [1.29, 1.82) is 0 Å². The molecule has 35 heavy (non-hydrogen) atoms. The molecular formula is C28H51NO6. The summed E-state index contributed by atoms with van der Waals surface area (Å²) in [4.78, 5) is 33.2. The molecule has 0 aromatic heterocycles. The first-order valence-corrected chi connectivity index (χ1v) is 13.9. The van der Waals surface area contributed by atoms with Crippen LogP contribution in [0.5, 0.6) is 0 Å². The Bertz CT molecular complexity index is 532. The molecular weight excluding hydrogens is 446 g/mol. The third kappa shape index (κ3) is 22.3. The van der Waals surface area contributed by atoms with E-state index >= 15 is 0 Å². The molecule has 2 N–H and O–H groups in total. The SMILES string of the molecule is C=CCCCCCCCCCCCCCCCCC[N+](CCC(=O)[O-])(CCC(=O)O)CCC(=O)O. The molecule has 0 heterocycles. The van der Waals surface area contributed by atoms with Crippen LogP contribution < -0.4 is 5.11 Å². The van der Waals surface area contributed by atoms with Crippen LogP contribution in [0.25, 0.3) is 0 Å². The molecule has 0 unspecified atom stereocenters. The molecule has 0 amide bonds. The van der Waals surface area contributed by atoms with Gasteiger partial charge in [0.15, 0.2) is 0 Å². The molecule has 0 fully saturated rings. The van der Waals surface area contributed by atoms with E-state index in [-0.39, 0.29) is 43.4 Å². The van der Waals surface area contributed by atoms with Crippen molar-refractivity contribution in [3.63, 3.8) is 0 Å². The summed E-state index contributed by atoms with van der Waals surface area (Å²) in [6.45, 7) is 5.10. The third-order valence-electron chi connectivity index (χ3n) is 6.93. The van der Waals surface area contributed by atoms with Crippen LogP contribution in [-0.4, -0.2) is 58.8 Å². The van der Waals surface area contributed by atoms with E-state index in [0.29, 0.717) is 6.54 Å². The average molecular weight is 498 g/mol. The number of aliphatic carboxylic acids is 3. The first-order valence-electron chi connectivity index (χ1n) is 13.9. The van der Waals surface area contributed by atoms with E-state index in [9.17, 15) is 19.5 Å². The number of hydrogen-bond donors (Lipinski definition) is 2. The Kier molecular flexibility index (Phi) is 21.3. The van der Waals surface area contributed by atoms with Crippen molar-refractivity contribution in [3.05, 3.63) is 12.7 Å². The van der Waals surface area contributed by atoms with Crippen molar-refractivity contribution >= 4 is 17.9 Å². The number of hydrogen-bond acceptors (Lipinski definition) is 4. The smallest absolute Gasteiger partial charge is 0.309 e. The van der Waals surface area contributed by atoms with E-state index in [1.54, 1.807) is 0 Å². The molecule has 7 heteroatoms. The Morgan fingerprint density at radius 3 is 1.26 bits per heavy atom. The zero-order chi connectivity index (χ0) is 26.2. The van der Waals surface area contributed by atoms with Crippen molar-refractivity contribution in [1.82, 2.24) is 0 Å². The number of unbranched alkanes of at least 4 members (excludes halogenated alkanes) is 15. The predicted molar refractivity (Wildman–Crippen MR) is 138 cm³/mol. The third-order valence-corrected chi connectivity index (χ3v) is 6.93. The molecule has 0 bridgehead atoms. The Morgan fingerprint density at radius 2 is 0.914 bits per heavy atom. The van der Waals surface area contributed by atoms with E-state index in [1.165, 1.54) is 77.0 Å². The first-order chi connectivity index (χ1) is 16.8. The van der Waals surface area contributed by atoms with Gasteiger partial charge < -0.3 is 24.6 Å². The minimum Gasteiger partial charge on any atom is -0.550 e. The van der Waals surface area contributed by atoms with Gasteiger partial charge in [-0.05, 0) is 25.7 Å². The van der Waals surface area contributed by atoms with Crippen molar-refractivity contribution in [2.24, 2.45) is 0 Å². The highest BCUT2D eigenvalue weighted by Crippen LogP contribution is 2.17.